The molecule has 2 saturated heterocycles. The lowest BCUT2D eigenvalue weighted by Crippen LogP contribution is -2.39. The Balaban J connectivity index is 1.70. The van der Waals surface area contributed by atoms with E-state index in [1.54, 1.807) is 0 Å². The summed E-state index contributed by atoms with van der Waals surface area (Å²) in [4.78, 5) is 14.9. The minimum absolute atomic E-state index is 0.185. The van der Waals surface area contributed by atoms with Gasteiger partial charge in [0.15, 0.2) is 0 Å². The van der Waals surface area contributed by atoms with Crippen molar-refractivity contribution in [3.05, 3.63) is 35.4 Å². The molecule has 120 valence electrons. The topological polar surface area (TPSA) is 52.6 Å². The number of likely N-dealkylation sites (tertiary alicyclic amines) is 1. The summed E-state index contributed by atoms with van der Waals surface area (Å²) in [5, 5.41) is 12.4. The number of piperidine rings is 1. The lowest BCUT2D eigenvalue weighted by Gasteiger charge is -2.32. The van der Waals surface area contributed by atoms with Crippen molar-refractivity contribution in [1.29, 1.82) is 0 Å². The van der Waals surface area contributed by atoms with Crippen LogP contribution in [0.15, 0.2) is 24.3 Å². The van der Waals surface area contributed by atoms with E-state index in [0.717, 1.165) is 57.4 Å². The molecule has 3 rings (SSSR count). The quantitative estimate of drug-likeness (QED) is 0.894. The highest BCUT2D eigenvalue weighted by Gasteiger charge is 2.27. The molecule has 0 aliphatic carbocycles. The molecule has 1 atom stereocenters. The maximum Gasteiger partial charge on any atom is 0.254 e. The van der Waals surface area contributed by atoms with E-state index >= 15 is 0 Å². The van der Waals surface area contributed by atoms with Gasteiger partial charge in [-0.1, -0.05) is 18.2 Å². The second-order valence-corrected chi connectivity index (χ2v) is 6.52. The Morgan fingerprint density at radius 3 is 2.68 bits per heavy atom. The van der Waals surface area contributed by atoms with E-state index in [-0.39, 0.29) is 12.5 Å². The fourth-order valence-corrected chi connectivity index (χ4v) is 3.75. The number of benzene rings is 1. The number of carbonyl (C=O) groups excluding carboxylic acids is 1. The van der Waals surface area contributed by atoms with Crippen molar-refractivity contribution >= 4 is 5.91 Å². The number of rotatable bonds is 4. The van der Waals surface area contributed by atoms with Gasteiger partial charge in [0.25, 0.3) is 5.91 Å². The second kappa shape index (κ2) is 7.25. The molecule has 2 N–H and O–H groups in total. The van der Waals surface area contributed by atoms with Crippen molar-refractivity contribution in [2.75, 3.05) is 32.8 Å². The lowest BCUT2D eigenvalue weighted by molar-refractivity contribution is 0.0676. The predicted molar refractivity (Wildman–Crippen MR) is 87.0 cm³/mol. The molecule has 2 heterocycles. The molecule has 2 aliphatic rings. The van der Waals surface area contributed by atoms with Gasteiger partial charge >= 0.3 is 0 Å². The molecule has 1 aromatic carbocycles. The fourth-order valence-electron chi connectivity index (χ4n) is 3.75. The molecule has 1 aromatic rings. The van der Waals surface area contributed by atoms with Crippen molar-refractivity contribution in [1.82, 2.24) is 10.2 Å². The first-order valence-electron chi connectivity index (χ1n) is 8.49. The number of aliphatic hydroxyl groups excluding tert-OH is 1. The highest BCUT2D eigenvalue weighted by Crippen LogP contribution is 2.28. The van der Waals surface area contributed by atoms with Gasteiger partial charge < -0.3 is 15.3 Å². The molecule has 4 nitrogen and oxygen atoms in total. The molecule has 4 heteroatoms. The maximum atomic E-state index is 12.9. The van der Waals surface area contributed by atoms with Gasteiger partial charge in [0.05, 0.1) is 0 Å². The van der Waals surface area contributed by atoms with Gasteiger partial charge in [-0.2, -0.15) is 0 Å². The lowest BCUT2D eigenvalue weighted by atomic mass is 9.91. The molecule has 0 bridgehead atoms. The Labute approximate surface area is 132 Å². The average molecular weight is 302 g/mol. The average Bonchev–Trinajstić information content (AvgIpc) is 3.10. The van der Waals surface area contributed by atoms with E-state index in [2.05, 4.69) is 11.4 Å². The fraction of sp³-hybridized carbons (Fsp3) is 0.611. The minimum atomic E-state index is 0.185. The zero-order valence-corrected chi connectivity index (χ0v) is 13.1. The van der Waals surface area contributed by atoms with E-state index in [1.165, 1.54) is 5.56 Å². The number of nitrogens with one attached hydrogen (secondary N) is 1. The van der Waals surface area contributed by atoms with E-state index in [4.69, 9.17) is 5.11 Å². The molecule has 2 fully saturated rings. The molecule has 0 spiro atoms. The Morgan fingerprint density at radius 2 is 2.00 bits per heavy atom. The van der Waals surface area contributed by atoms with Gasteiger partial charge in [0, 0.05) is 31.8 Å². The highest BCUT2D eigenvalue weighted by molar-refractivity contribution is 5.96. The van der Waals surface area contributed by atoms with Gasteiger partial charge in [0.1, 0.15) is 0 Å². The standard InChI is InChI=1S/C18H26N2O2/c21-12-8-14-6-10-20(11-7-14)18(22)17-4-2-1-3-16(17)15-5-9-19-13-15/h1-4,14-15,19,21H,5-13H2. The third-order valence-electron chi connectivity index (χ3n) is 5.13. The molecule has 0 aromatic heterocycles. The van der Waals surface area contributed by atoms with E-state index in [1.807, 2.05) is 23.1 Å². The third kappa shape index (κ3) is 3.33. The SMILES string of the molecule is O=C(c1ccccc1C1CCNC1)N1CCC(CCO)CC1. The molecular weight excluding hydrogens is 276 g/mol. The molecular formula is C18H26N2O2. The zero-order chi connectivity index (χ0) is 15.4. The van der Waals surface area contributed by atoms with Crippen molar-refractivity contribution in [2.24, 2.45) is 5.92 Å². The van der Waals surface area contributed by atoms with Crippen LogP contribution in [0.1, 0.15) is 47.5 Å². The first kappa shape index (κ1) is 15.5. The largest absolute Gasteiger partial charge is 0.396 e. The Hall–Kier alpha value is -1.39. The molecule has 1 amide bonds. The smallest absolute Gasteiger partial charge is 0.254 e. The van der Waals surface area contributed by atoms with Crippen LogP contribution in [0.5, 0.6) is 0 Å². The van der Waals surface area contributed by atoms with Crippen LogP contribution in [0.2, 0.25) is 0 Å². The Kier molecular flexibility index (Phi) is 5.11. The van der Waals surface area contributed by atoms with Gasteiger partial charge in [-0.3, -0.25) is 4.79 Å². The summed E-state index contributed by atoms with van der Waals surface area (Å²) < 4.78 is 0. The number of hydrogen-bond donors (Lipinski definition) is 2. The zero-order valence-electron chi connectivity index (χ0n) is 13.1. The monoisotopic (exact) mass is 302 g/mol. The van der Waals surface area contributed by atoms with Crippen molar-refractivity contribution < 1.29 is 9.90 Å². The van der Waals surface area contributed by atoms with Gasteiger partial charge in [-0.05, 0) is 55.7 Å². The summed E-state index contributed by atoms with van der Waals surface area (Å²) in [6.45, 7) is 3.92. The first-order chi connectivity index (χ1) is 10.8. The summed E-state index contributed by atoms with van der Waals surface area (Å²) in [7, 11) is 0. The predicted octanol–water partition coefficient (Wildman–Crippen LogP) is 2.00. The van der Waals surface area contributed by atoms with Crippen LogP contribution in [-0.4, -0.2) is 48.7 Å². The van der Waals surface area contributed by atoms with Crippen LogP contribution >= 0.6 is 0 Å². The number of nitrogens with zero attached hydrogens (tertiary/aromatic N) is 1. The van der Waals surface area contributed by atoms with E-state index in [9.17, 15) is 4.79 Å². The van der Waals surface area contributed by atoms with Crippen molar-refractivity contribution in [2.45, 2.75) is 31.6 Å². The summed E-state index contributed by atoms with van der Waals surface area (Å²) in [6, 6.07) is 8.11. The molecule has 1 unspecified atom stereocenters. The number of carbonyl (C=O) groups is 1. The maximum absolute atomic E-state index is 12.9. The Morgan fingerprint density at radius 1 is 1.23 bits per heavy atom. The van der Waals surface area contributed by atoms with Crippen LogP contribution in [0.25, 0.3) is 0 Å². The van der Waals surface area contributed by atoms with Crippen LogP contribution in [0, 0.1) is 5.92 Å². The summed E-state index contributed by atoms with van der Waals surface area (Å²) in [5.74, 6) is 1.22. The van der Waals surface area contributed by atoms with Crippen LogP contribution in [0.3, 0.4) is 0 Å². The van der Waals surface area contributed by atoms with Crippen molar-refractivity contribution in [3.63, 3.8) is 0 Å². The van der Waals surface area contributed by atoms with Crippen LogP contribution < -0.4 is 5.32 Å². The van der Waals surface area contributed by atoms with Crippen LogP contribution in [-0.2, 0) is 0 Å². The first-order valence-corrected chi connectivity index (χ1v) is 8.49. The number of amides is 1. The second-order valence-electron chi connectivity index (χ2n) is 6.52. The highest BCUT2D eigenvalue weighted by atomic mass is 16.3. The normalized spacial score (nSPS) is 23.0. The number of hydrogen-bond acceptors (Lipinski definition) is 3. The molecule has 2 aliphatic heterocycles. The van der Waals surface area contributed by atoms with Gasteiger partial charge in [-0.15, -0.1) is 0 Å². The summed E-state index contributed by atoms with van der Waals surface area (Å²) in [6.07, 6.45) is 4.01. The van der Waals surface area contributed by atoms with Crippen LogP contribution in [0.4, 0.5) is 0 Å². The Bertz CT molecular complexity index is 504. The van der Waals surface area contributed by atoms with Gasteiger partial charge in [0.2, 0.25) is 0 Å². The third-order valence-corrected chi connectivity index (χ3v) is 5.13. The molecule has 0 radical (unpaired) electrons. The van der Waals surface area contributed by atoms with E-state index in [0.29, 0.717) is 11.8 Å². The van der Waals surface area contributed by atoms with E-state index < -0.39 is 0 Å². The minimum Gasteiger partial charge on any atom is -0.396 e. The van der Waals surface area contributed by atoms with Gasteiger partial charge in [-0.25, -0.2) is 0 Å². The summed E-state index contributed by atoms with van der Waals surface area (Å²) in [5.41, 5.74) is 2.09. The summed E-state index contributed by atoms with van der Waals surface area (Å²) >= 11 is 0. The molecule has 22 heavy (non-hydrogen) atoms. The molecule has 0 saturated carbocycles. The van der Waals surface area contributed by atoms with Crippen molar-refractivity contribution in [3.8, 4) is 0 Å². The number of aliphatic hydroxyl groups is 1.